The summed E-state index contributed by atoms with van der Waals surface area (Å²) in [5.74, 6) is 0.694. The number of aromatic amines is 1. The maximum atomic E-state index is 9.44. The average molecular weight is 240 g/mol. The molecule has 1 aliphatic rings. The van der Waals surface area contributed by atoms with Crippen LogP contribution < -0.4 is 4.74 Å². The van der Waals surface area contributed by atoms with E-state index in [1.807, 2.05) is 36.6 Å². The van der Waals surface area contributed by atoms with Crippen molar-refractivity contribution in [3.63, 3.8) is 0 Å². The van der Waals surface area contributed by atoms with Crippen LogP contribution in [0.1, 0.15) is 11.3 Å². The Labute approximate surface area is 104 Å². The van der Waals surface area contributed by atoms with E-state index < -0.39 is 0 Å². The zero-order valence-electron chi connectivity index (χ0n) is 9.84. The van der Waals surface area contributed by atoms with Crippen molar-refractivity contribution >= 4 is 23.6 Å². The number of aliphatic imine (C=N–C) groups is 1. The lowest BCUT2D eigenvalue weighted by Gasteiger charge is -2.00. The molecule has 0 amide bonds. The highest BCUT2D eigenvalue weighted by molar-refractivity contribution is 6.21. The van der Waals surface area contributed by atoms with Gasteiger partial charge in [-0.05, 0) is 12.1 Å². The standard InChI is InChI=1S/C14H12N2O2/c1-18-13-7-14(17)16-12(13)6-9-8-15-11-5-3-2-4-10(9)11/h2-8,16-17H,1H3/b9-6+. The lowest BCUT2D eigenvalue weighted by atomic mass is 10.1. The van der Waals surface area contributed by atoms with Crippen molar-refractivity contribution < 1.29 is 9.84 Å². The van der Waals surface area contributed by atoms with Gasteiger partial charge < -0.3 is 14.8 Å². The molecule has 1 aromatic heterocycles. The summed E-state index contributed by atoms with van der Waals surface area (Å²) in [6.07, 6.45) is 3.72. The Kier molecular flexibility index (Phi) is 2.41. The van der Waals surface area contributed by atoms with Crippen LogP contribution in [0.5, 0.6) is 11.6 Å². The summed E-state index contributed by atoms with van der Waals surface area (Å²) in [4.78, 5) is 7.17. The van der Waals surface area contributed by atoms with E-state index in [1.165, 1.54) is 0 Å². The monoisotopic (exact) mass is 240 g/mol. The van der Waals surface area contributed by atoms with Gasteiger partial charge in [-0.15, -0.1) is 0 Å². The summed E-state index contributed by atoms with van der Waals surface area (Å²) >= 11 is 0. The van der Waals surface area contributed by atoms with Crippen molar-refractivity contribution in [2.75, 3.05) is 7.11 Å². The Balaban J connectivity index is 2.06. The van der Waals surface area contributed by atoms with Gasteiger partial charge in [-0.2, -0.15) is 0 Å². The second-order valence-corrected chi connectivity index (χ2v) is 4.01. The number of benzene rings is 1. The Morgan fingerprint density at radius 1 is 1.33 bits per heavy atom. The molecule has 0 unspecified atom stereocenters. The number of nitrogens with zero attached hydrogens (tertiary/aromatic N) is 1. The van der Waals surface area contributed by atoms with Crippen molar-refractivity contribution in [1.29, 1.82) is 0 Å². The minimum Gasteiger partial charge on any atom is -0.494 e. The van der Waals surface area contributed by atoms with Gasteiger partial charge in [0.15, 0.2) is 5.88 Å². The quantitative estimate of drug-likeness (QED) is 0.847. The van der Waals surface area contributed by atoms with Gasteiger partial charge in [-0.3, -0.25) is 4.99 Å². The molecular weight excluding hydrogens is 228 g/mol. The van der Waals surface area contributed by atoms with E-state index in [0.29, 0.717) is 5.75 Å². The van der Waals surface area contributed by atoms with Crippen LogP contribution in [0.3, 0.4) is 0 Å². The number of H-pyrrole nitrogens is 1. The first-order valence-electron chi connectivity index (χ1n) is 5.59. The van der Waals surface area contributed by atoms with Gasteiger partial charge in [0.2, 0.25) is 0 Å². The number of aromatic hydroxyl groups is 1. The van der Waals surface area contributed by atoms with Crippen molar-refractivity contribution in [2.24, 2.45) is 4.99 Å². The maximum Gasteiger partial charge on any atom is 0.192 e. The Bertz CT molecular complexity index is 654. The topological polar surface area (TPSA) is 57.6 Å². The zero-order valence-corrected chi connectivity index (χ0v) is 9.84. The number of hydrogen-bond acceptors (Lipinski definition) is 3. The van der Waals surface area contributed by atoms with Crippen molar-refractivity contribution in [3.8, 4) is 11.6 Å². The third kappa shape index (κ3) is 1.68. The number of methoxy groups -OCH3 is 1. The van der Waals surface area contributed by atoms with Gasteiger partial charge in [0.05, 0.1) is 18.5 Å². The fraction of sp³-hybridized carbons (Fsp3) is 0.0714. The van der Waals surface area contributed by atoms with E-state index in [-0.39, 0.29) is 5.88 Å². The third-order valence-corrected chi connectivity index (χ3v) is 2.87. The van der Waals surface area contributed by atoms with Crippen LogP contribution in [0, 0.1) is 0 Å². The molecule has 90 valence electrons. The van der Waals surface area contributed by atoms with Crippen LogP contribution in [0.4, 0.5) is 5.69 Å². The lowest BCUT2D eigenvalue weighted by Crippen LogP contribution is -1.85. The number of rotatable bonds is 2. The van der Waals surface area contributed by atoms with Crippen molar-refractivity contribution in [1.82, 2.24) is 4.98 Å². The minimum atomic E-state index is 0.0851. The van der Waals surface area contributed by atoms with Crippen LogP contribution in [0.2, 0.25) is 0 Å². The number of aromatic nitrogens is 1. The molecule has 1 aliphatic heterocycles. The Morgan fingerprint density at radius 3 is 3.00 bits per heavy atom. The van der Waals surface area contributed by atoms with Gasteiger partial charge in [0.1, 0.15) is 5.75 Å². The second-order valence-electron chi connectivity index (χ2n) is 4.01. The highest BCUT2D eigenvalue weighted by atomic mass is 16.5. The molecule has 0 spiro atoms. The SMILES string of the molecule is COc1cc(O)[nH]c1/C=C1\C=Nc2ccccc21. The molecule has 18 heavy (non-hydrogen) atoms. The van der Waals surface area contributed by atoms with Crippen LogP contribution in [-0.2, 0) is 0 Å². The Morgan fingerprint density at radius 2 is 2.17 bits per heavy atom. The van der Waals surface area contributed by atoms with Crippen LogP contribution in [0.15, 0.2) is 35.3 Å². The highest BCUT2D eigenvalue weighted by Crippen LogP contribution is 2.34. The van der Waals surface area contributed by atoms with Crippen LogP contribution in [-0.4, -0.2) is 23.4 Å². The van der Waals surface area contributed by atoms with Gasteiger partial charge >= 0.3 is 0 Å². The van der Waals surface area contributed by atoms with Crippen molar-refractivity contribution in [3.05, 3.63) is 41.6 Å². The van der Waals surface area contributed by atoms with E-state index >= 15 is 0 Å². The molecule has 4 nitrogen and oxygen atoms in total. The van der Waals surface area contributed by atoms with Crippen LogP contribution in [0.25, 0.3) is 11.6 Å². The number of allylic oxidation sites excluding steroid dienone is 1. The van der Waals surface area contributed by atoms with Gasteiger partial charge in [0, 0.05) is 23.4 Å². The largest absolute Gasteiger partial charge is 0.494 e. The van der Waals surface area contributed by atoms with Gasteiger partial charge in [-0.25, -0.2) is 0 Å². The van der Waals surface area contributed by atoms with Gasteiger partial charge in [0.25, 0.3) is 0 Å². The number of ether oxygens (including phenoxy) is 1. The average Bonchev–Trinajstić information content (AvgIpc) is 2.94. The summed E-state index contributed by atoms with van der Waals surface area (Å²) in [6.45, 7) is 0. The van der Waals surface area contributed by atoms with E-state index in [9.17, 15) is 5.11 Å². The molecule has 0 fully saturated rings. The first kappa shape index (κ1) is 10.7. The summed E-state index contributed by atoms with van der Waals surface area (Å²) in [6, 6.07) is 9.47. The molecule has 0 radical (unpaired) electrons. The number of fused-ring (bicyclic) bond motifs is 1. The fourth-order valence-electron chi connectivity index (χ4n) is 2.02. The molecule has 0 atom stereocenters. The van der Waals surface area contributed by atoms with E-state index in [0.717, 1.165) is 22.5 Å². The molecule has 2 heterocycles. The minimum absolute atomic E-state index is 0.0851. The number of hydrogen-bond donors (Lipinski definition) is 2. The third-order valence-electron chi connectivity index (χ3n) is 2.87. The predicted molar refractivity (Wildman–Crippen MR) is 71.5 cm³/mol. The molecule has 2 N–H and O–H groups in total. The summed E-state index contributed by atoms with van der Waals surface area (Å²) in [5.41, 5.74) is 3.76. The lowest BCUT2D eigenvalue weighted by molar-refractivity contribution is 0.412. The molecule has 2 aromatic rings. The van der Waals surface area contributed by atoms with E-state index in [2.05, 4.69) is 9.98 Å². The number of para-hydroxylation sites is 1. The maximum absolute atomic E-state index is 9.44. The molecular formula is C14H12N2O2. The molecule has 3 rings (SSSR count). The molecule has 0 aliphatic carbocycles. The summed E-state index contributed by atoms with van der Waals surface area (Å²) in [7, 11) is 1.57. The van der Waals surface area contributed by atoms with Gasteiger partial charge in [-0.1, -0.05) is 18.2 Å². The molecule has 0 saturated carbocycles. The van der Waals surface area contributed by atoms with E-state index in [4.69, 9.17) is 4.74 Å². The second kappa shape index (κ2) is 4.07. The first-order chi connectivity index (χ1) is 8.78. The summed E-state index contributed by atoms with van der Waals surface area (Å²) < 4.78 is 5.18. The van der Waals surface area contributed by atoms with E-state index in [1.54, 1.807) is 13.2 Å². The smallest absolute Gasteiger partial charge is 0.192 e. The highest BCUT2D eigenvalue weighted by Gasteiger charge is 2.13. The predicted octanol–water partition coefficient (Wildman–Crippen LogP) is 2.99. The first-order valence-corrected chi connectivity index (χ1v) is 5.59. The summed E-state index contributed by atoms with van der Waals surface area (Å²) in [5, 5.41) is 9.44. The normalized spacial score (nSPS) is 15.1. The molecule has 0 bridgehead atoms. The van der Waals surface area contributed by atoms with Crippen LogP contribution >= 0.6 is 0 Å². The molecule has 4 heteroatoms. The zero-order chi connectivity index (χ0) is 12.5. The number of nitrogens with one attached hydrogen (secondary N) is 1. The molecule has 0 saturated heterocycles. The fourth-order valence-corrected chi connectivity index (χ4v) is 2.02. The Hall–Kier alpha value is -2.49. The van der Waals surface area contributed by atoms with Crippen molar-refractivity contribution in [2.45, 2.75) is 0 Å². The molecule has 1 aromatic carbocycles.